The number of hydrogen-bond acceptors (Lipinski definition) is 4. The number of carbonyl (C=O) groups is 1. The molecule has 2 N–H and O–H groups in total. The Bertz CT molecular complexity index is 367. The van der Waals surface area contributed by atoms with Crippen LogP contribution in [0.25, 0.3) is 0 Å². The average molecular weight is 225 g/mol. The van der Waals surface area contributed by atoms with Crippen LogP contribution in [0.3, 0.4) is 0 Å². The summed E-state index contributed by atoms with van der Waals surface area (Å²) < 4.78 is 4.99. The van der Waals surface area contributed by atoms with Gasteiger partial charge in [0.2, 0.25) is 5.76 Å². The van der Waals surface area contributed by atoms with Crippen molar-refractivity contribution in [1.82, 2.24) is 0 Å². The predicted octanol–water partition coefficient (Wildman–Crippen LogP) is 1.76. The lowest BCUT2D eigenvalue weighted by Gasteiger charge is -2.00. The van der Waals surface area contributed by atoms with E-state index in [4.69, 9.17) is 15.9 Å². The molecule has 1 aromatic rings. The van der Waals surface area contributed by atoms with Crippen molar-refractivity contribution in [2.24, 2.45) is 0 Å². The molecule has 1 rings (SSSR count). The summed E-state index contributed by atoms with van der Waals surface area (Å²) >= 11 is 1.63. The zero-order chi connectivity index (χ0) is 11.1. The van der Waals surface area contributed by atoms with Crippen molar-refractivity contribution < 1.29 is 14.3 Å². The molecule has 0 saturated heterocycles. The van der Waals surface area contributed by atoms with Gasteiger partial charge < -0.3 is 14.8 Å². The highest BCUT2D eigenvalue weighted by atomic mass is 32.2. The van der Waals surface area contributed by atoms with E-state index in [1.165, 1.54) is 6.07 Å². The molecule has 0 amide bonds. The molecule has 0 aromatic carbocycles. The minimum Gasteiger partial charge on any atom is -0.475 e. The number of terminal acetylenes is 1. The van der Waals surface area contributed by atoms with Crippen LogP contribution in [0.1, 0.15) is 10.6 Å². The summed E-state index contributed by atoms with van der Waals surface area (Å²) in [5.74, 6) is 3.39. The Hall–Kier alpha value is -1.54. The SMILES string of the molecule is C#CCSCCNc1ccc(C(=O)O)o1. The Morgan fingerprint density at radius 1 is 1.67 bits per heavy atom. The van der Waals surface area contributed by atoms with E-state index in [1.54, 1.807) is 17.8 Å². The first-order valence-electron chi connectivity index (χ1n) is 4.32. The van der Waals surface area contributed by atoms with Crippen molar-refractivity contribution in [2.45, 2.75) is 0 Å². The Kier molecular flexibility index (Phi) is 4.64. The quantitative estimate of drug-likeness (QED) is 0.570. The summed E-state index contributed by atoms with van der Waals surface area (Å²) in [6, 6.07) is 3.01. The van der Waals surface area contributed by atoms with Crippen LogP contribution in [-0.4, -0.2) is 29.1 Å². The molecule has 0 radical (unpaired) electrons. The van der Waals surface area contributed by atoms with E-state index in [0.717, 1.165) is 5.75 Å². The Morgan fingerprint density at radius 2 is 2.47 bits per heavy atom. The van der Waals surface area contributed by atoms with E-state index in [1.807, 2.05) is 0 Å². The number of anilines is 1. The van der Waals surface area contributed by atoms with E-state index in [-0.39, 0.29) is 5.76 Å². The van der Waals surface area contributed by atoms with E-state index in [2.05, 4.69) is 11.2 Å². The van der Waals surface area contributed by atoms with Gasteiger partial charge in [0, 0.05) is 18.4 Å². The van der Waals surface area contributed by atoms with Gasteiger partial charge in [-0.25, -0.2) is 4.79 Å². The molecule has 0 saturated carbocycles. The standard InChI is InChI=1S/C10H11NO3S/c1-2-6-15-7-5-11-9-4-3-8(14-9)10(12)13/h1,3-4,11H,5-7H2,(H,12,13). The molecule has 0 unspecified atom stereocenters. The summed E-state index contributed by atoms with van der Waals surface area (Å²) in [5, 5.41) is 11.6. The third-order valence-electron chi connectivity index (χ3n) is 1.55. The topological polar surface area (TPSA) is 62.5 Å². The number of hydrogen-bond donors (Lipinski definition) is 2. The second-order valence-corrected chi connectivity index (χ2v) is 3.76. The van der Waals surface area contributed by atoms with Crippen LogP contribution in [0, 0.1) is 12.3 Å². The first-order chi connectivity index (χ1) is 7.24. The van der Waals surface area contributed by atoms with Crippen molar-refractivity contribution in [3.8, 4) is 12.3 Å². The second kappa shape index (κ2) is 6.04. The monoisotopic (exact) mass is 225 g/mol. The van der Waals surface area contributed by atoms with Crippen LogP contribution < -0.4 is 5.32 Å². The first-order valence-corrected chi connectivity index (χ1v) is 5.47. The van der Waals surface area contributed by atoms with Crippen molar-refractivity contribution in [1.29, 1.82) is 0 Å². The summed E-state index contributed by atoms with van der Waals surface area (Å²) in [7, 11) is 0. The van der Waals surface area contributed by atoms with Crippen LogP contribution >= 0.6 is 11.8 Å². The van der Waals surface area contributed by atoms with Crippen molar-refractivity contribution in [3.05, 3.63) is 17.9 Å². The Balaban J connectivity index is 2.26. The highest BCUT2D eigenvalue weighted by Gasteiger charge is 2.07. The fraction of sp³-hybridized carbons (Fsp3) is 0.300. The predicted molar refractivity (Wildman–Crippen MR) is 60.3 cm³/mol. The highest BCUT2D eigenvalue weighted by Crippen LogP contribution is 2.13. The smallest absolute Gasteiger partial charge is 0.371 e. The number of aromatic carboxylic acids is 1. The molecule has 0 aliphatic carbocycles. The minimum absolute atomic E-state index is 0.0613. The van der Waals surface area contributed by atoms with Crippen LogP contribution in [-0.2, 0) is 0 Å². The number of rotatable bonds is 6. The average Bonchev–Trinajstić information content (AvgIpc) is 2.66. The maximum atomic E-state index is 10.5. The third-order valence-corrected chi connectivity index (χ3v) is 2.41. The molecule has 0 aliphatic rings. The fourth-order valence-electron chi connectivity index (χ4n) is 0.925. The van der Waals surface area contributed by atoms with Gasteiger partial charge in [-0.15, -0.1) is 18.2 Å². The van der Waals surface area contributed by atoms with Crippen LogP contribution in [0.15, 0.2) is 16.5 Å². The van der Waals surface area contributed by atoms with E-state index >= 15 is 0 Å². The normalized spacial score (nSPS) is 9.53. The maximum Gasteiger partial charge on any atom is 0.371 e. The number of nitrogens with one attached hydrogen (secondary N) is 1. The van der Waals surface area contributed by atoms with Crippen molar-refractivity contribution in [2.75, 3.05) is 23.4 Å². The van der Waals surface area contributed by atoms with Gasteiger partial charge in [0.25, 0.3) is 0 Å². The number of furan rings is 1. The van der Waals surface area contributed by atoms with Gasteiger partial charge in [0.15, 0.2) is 5.88 Å². The van der Waals surface area contributed by atoms with Crippen molar-refractivity contribution >= 4 is 23.6 Å². The fourth-order valence-corrected chi connectivity index (χ4v) is 1.43. The van der Waals surface area contributed by atoms with E-state index in [9.17, 15) is 4.79 Å². The molecule has 0 fully saturated rings. The lowest BCUT2D eigenvalue weighted by atomic mass is 10.5. The maximum absolute atomic E-state index is 10.5. The molecule has 1 aromatic heterocycles. The Labute approximate surface area is 92.0 Å². The highest BCUT2D eigenvalue weighted by molar-refractivity contribution is 7.99. The van der Waals surface area contributed by atoms with Crippen LogP contribution in [0.5, 0.6) is 0 Å². The molecule has 1 heterocycles. The zero-order valence-electron chi connectivity index (χ0n) is 8.03. The molecular formula is C10H11NO3S. The van der Waals surface area contributed by atoms with Gasteiger partial charge in [-0.1, -0.05) is 5.92 Å². The van der Waals surface area contributed by atoms with Crippen LogP contribution in [0.2, 0.25) is 0 Å². The van der Waals surface area contributed by atoms with Gasteiger partial charge in [-0.05, 0) is 6.07 Å². The molecule has 0 atom stereocenters. The summed E-state index contributed by atoms with van der Waals surface area (Å²) in [6.07, 6.45) is 5.08. The lowest BCUT2D eigenvalue weighted by Crippen LogP contribution is -2.03. The molecule has 80 valence electrons. The largest absolute Gasteiger partial charge is 0.475 e. The second-order valence-electron chi connectivity index (χ2n) is 2.65. The number of thioether (sulfide) groups is 1. The summed E-state index contributed by atoms with van der Waals surface area (Å²) in [6.45, 7) is 0.693. The molecule has 5 heteroatoms. The first kappa shape index (κ1) is 11.5. The minimum atomic E-state index is -1.07. The molecular weight excluding hydrogens is 214 g/mol. The molecule has 0 spiro atoms. The van der Waals surface area contributed by atoms with Gasteiger partial charge in [-0.3, -0.25) is 0 Å². The van der Waals surface area contributed by atoms with Crippen LogP contribution in [0.4, 0.5) is 5.88 Å². The van der Waals surface area contributed by atoms with Gasteiger partial charge in [0.1, 0.15) is 0 Å². The number of carboxylic acid groups (broad SMARTS) is 1. The summed E-state index contributed by atoms with van der Waals surface area (Å²) in [5.41, 5.74) is 0. The molecule has 0 bridgehead atoms. The van der Waals surface area contributed by atoms with E-state index < -0.39 is 5.97 Å². The molecule has 0 aliphatic heterocycles. The third kappa shape index (κ3) is 4.00. The lowest BCUT2D eigenvalue weighted by molar-refractivity contribution is 0.0663. The Morgan fingerprint density at radius 3 is 3.07 bits per heavy atom. The van der Waals surface area contributed by atoms with Gasteiger partial charge in [0.05, 0.1) is 5.75 Å². The summed E-state index contributed by atoms with van der Waals surface area (Å²) in [4.78, 5) is 10.5. The molecule has 15 heavy (non-hydrogen) atoms. The number of carboxylic acids is 1. The zero-order valence-corrected chi connectivity index (χ0v) is 8.84. The van der Waals surface area contributed by atoms with Gasteiger partial charge >= 0.3 is 5.97 Å². The van der Waals surface area contributed by atoms with Crippen molar-refractivity contribution in [3.63, 3.8) is 0 Å². The molecule has 4 nitrogen and oxygen atoms in total. The van der Waals surface area contributed by atoms with E-state index in [0.29, 0.717) is 18.2 Å². The van der Waals surface area contributed by atoms with Gasteiger partial charge in [-0.2, -0.15) is 0 Å².